The Balaban J connectivity index is 2.10. The summed E-state index contributed by atoms with van der Waals surface area (Å²) in [7, 11) is -4.13. The maximum absolute atomic E-state index is 13.6. The lowest BCUT2D eigenvalue weighted by molar-refractivity contribution is -0.149. The molecule has 2 heterocycles. The second-order valence-corrected chi connectivity index (χ2v) is 14.0. The molecule has 1 aromatic heterocycles. The van der Waals surface area contributed by atoms with Crippen LogP contribution >= 0.6 is 31.1 Å². The molecule has 0 radical (unpaired) electrons. The van der Waals surface area contributed by atoms with Crippen molar-refractivity contribution in [1.29, 1.82) is 0 Å². The van der Waals surface area contributed by atoms with Gasteiger partial charge in [0.05, 0.1) is 42.3 Å². The molecule has 1 aliphatic rings. The monoisotopic (exact) mass is 612 g/mol. The molecule has 2 rings (SSSR count). The summed E-state index contributed by atoms with van der Waals surface area (Å²) in [6.45, 7) is 8.96. The van der Waals surface area contributed by atoms with Crippen LogP contribution in [0.5, 0.6) is 0 Å². The Kier molecular flexibility index (Phi) is 12.0. The van der Waals surface area contributed by atoms with Crippen molar-refractivity contribution in [3.8, 4) is 0 Å². The normalized spacial score (nSPS) is 23.9. The molecule has 0 aliphatic carbocycles. The van der Waals surface area contributed by atoms with Crippen LogP contribution in [0.3, 0.4) is 0 Å². The SMILES string of the molecule is CC(C)OC(=O)[C@H](C)N[P@](=O)(OCCSC(=O)C(C)(C)CO)OC[C@@H]1C[C@@](C)(Cl)[C@H](n2ccc(N)nc2=O)O1. The Morgan fingerprint density at radius 2 is 2.08 bits per heavy atom. The molecule has 0 spiro atoms. The van der Waals surface area contributed by atoms with Crippen LogP contribution in [0.25, 0.3) is 0 Å². The molecule has 4 N–H and O–H groups in total. The second kappa shape index (κ2) is 13.9. The summed E-state index contributed by atoms with van der Waals surface area (Å²) < 4.78 is 37.1. The van der Waals surface area contributed by atoms with Gasteiger partial charge < -0.3 is 20.3 Å². The van der Waals surface area contributed by atoms with Gasteiger partial charge in [0.25, 0.3) is 0 Å². The zero-order valence-electron chi connectivity index (χ0n) is 22.9. The highest BCUT2D eigenvalue weighted by Crippen LogP contribution is 2.48. The summed E-state index contributed by atoms with van der Waals surface area (Å²) in [4.78, 5) is 39.5. The number of rotatable bonds is 14. The number of carbonyl (C=O) groups excluding carboxylic acids is 2. The predicted octanol–water partition coefficient (Wildman–Crippen LogP) is 2.46. The molecule has 16 heteroatoms. The standard InChI is InChI=1S/C23H38ClN4O9PS/c1-14(2)36-18(30)15(3)27-38(33,34-9-10-39-20(31)22(4,5)13-29)35-12-16-11-23(6,24)19(37-16)28-8-7-17(25)26-21(28)32/h7-8,14-16,19,29H,9-13H2,1-6H3,(H,27,33)(H2,25,26,32)/t15-,16-,19+,23+,38-/m0/s1. The molecular weight excluding hydrogens is 575 g/mol. The van der Waals surface area contributed by atoms with E-state index in [0.29, 0.717) is 0 Å². The Morgan fingerprint density at radius 1 is 1.41 bits per heavy atom. The topological polar surface area (TPSA) is 181 Å². The van der Waals surface area contributed by atoms with Crippen molar-refractivity contribution >= 4 is 48.0 Å². The first-order valence-corrected chi connectivity index (χ1v) is 15.2. The third-order valence-electron chi connectivity index (χ3n) is 5.58. The zero-order valence-corrected chi connectivity index (χ0v) is 25.4. The molecule has 222 valence electrons. The number of aliphatic hydroxyl groups excluding tert-OH is 1. The fraction of sp³-hybridized carbons (Fsp3) is 0.739. The smallest absolute Gasteiger partial charge is 0.406 e. The molecule has 39 heavy (non-hydrogen) atoms. The van der Waals surface area contributed by atoms with E-state index < -0.39 is 54.2 Å². The number of esters is 1. The Bertz CT molecular complexity index is 1120. The summed E-state index contributed by atoms with van der Waals surface area (Å²) in [5, 5.41) is 11.7. The number of thioether (sulfide) groups is 1. The maximum atomic E-state index is 13.6. The van der Waals surface area contributed by atoms with Gasteiger partial charge in [0.1, 0.15) is 11.9 Å². The molecule has 0 unspecified atom stereocenters. The number of nitrogens with one attached hydrogen (secondary N) is 1. The van der Waals surface area contributed by atoms with Gasteiger partial charge in [-0.15, -0.1) is 11.6 Å². The summed E-state index contributed by atoms with van der Waals surface area (Å²) in [5.41, 5.74) is 3.98. The summed E-state index contributed by atoms with van der Waals surface area (Å²) in [5.74, 6) is -0.483. The van der Waals surface area contributed by atoms with Crippen LogP contribution in [0.2, 0.25) is 0 Å². The average Bonchev–Trinajstić information content (AvgIpc) is 3.14. The van der Waals surface area contributed by atoms with Crippen molar-refractivity contribution in [2.75, 3.05) is 31.3 Å². The third kappa shape index (κ3) is 9.82. The van der Waals surface area contributed by atoms with Crippen molar-refractivity contribution in [3.63, 3.8) is 0 Å². The lowest BCUT2D eigenvalue weighted by atomic mass is 9.97. The Hall–Kier alpha value is -1.51. The molecule has 1 aromatic rings. The predicted molar refractivity (Wildman–Crippen MR) is 147 cm³/mol. The molecule has 13 nitrogen and oxygen atoms in total. The van der Waals surface area contributed by atoms with E-state index in [1.54, 1.807) is 34.6 Å². The van der Waals surface area contributed by atoms with Crippen molar-refractivity contribution < 1.29 is 37.8 Å². The van der Waals surface area contributed by atoms with Gasteiger partial charge in [0.2, 0.25) is 0 Å². The maximum Gasteiger partial charge on any atom is 0.406 e. The number of ether oxygens (including phenoxy) is 2. The van der Waals surface area contributed by atoms with Gasteiger partial charge in [0, 0.05) is 11.9 Å². The van der Waals surface area contributed by atoms with E-state index in [9.17, 15) is 24.1 Å². The lowest BCUT2D eigenvalue weighted by Crippen LogP contribution is -2.36. The van der Waals surface area contributed by atoms with Crippen LogP contribution in [0.1, 0.15) is 54.2 Å². The first-order valence-electron chi connectivity index (χ1n) is 12.3. The van der Waals surface area contributed by atoms with E-state index in [0.717, 1.165) is 11.8 Å². The van der Waals surface area contributed by atoms with Gasteiger partial charge in [0.15, 0.2) is 11.3 Å². The number of anilines is 1. The van der Waals surface area contributed by atoms with E-state index >= 15 is 0 Å². The van der Waals surface area contributed by atoms with E-state index in [-0.39, 0.29) is 42.9 Å². The van der Waals surface area contributed by atoms with Crippen molar-refractivity contribution in [2.45, 2.75) is 77.3 Å². The first kappa shape index (κ1) is 33.7. The molecule has 0 aromatic carbocycles. The quantitative estimate of drug-likeness (QED) is 0.121. The fourth-order valence-corrected chi connectivity index (χ4v) is 6.20. The zero-order chi connectivity index (χ0) is 29.6. The molecule has 1 aliphatic heterocycles. The highest BCUT2D eigenvalue weighted by molar-refractivity contribution is 8.13. The highest BCUT2D eigenvalue weighted by atomic mass is 35.5. The summed E-state index contributed by atoms with van der Waals surface area (Å²) >= 11 is 7.57. The van der Waals surface area contributed by atoms with Crippen LogP contribution in [-0.2, 0) is 32.7 Å². The van der Waals surface area contributed by atoms with Crippen LogP contribution in [-0.4, -0.2) is 74.4 Å². The molecule has 0 saturated carbocycles. The number of halogens is 1. The van der Waals surface area contributed by atoms with Crippen LogP contribution < -0.4 is 16.5 Å². The average molecular weight is 613 g/mol. The van der Waals surface area contributed by atoms with E-state index in [1.807, 2.05) is 0 Å². The van der Waals surface area contributed by atoms with Gasteiger partial charge >= 0.3 is 19.4 Å². The number of carbonyl (C=O) groups is 2. The minimum Gasteiger partial charge on any atom is -0.462 e. The van der Waals surface area contributed by atoms with Gasteiger partial charge in [-0.3, -0.25) is 23.2 Å². The van der Waals surface area contributed by atoms with Gasteiger partial charge in [-0.05, 0) is 54.0 Å². The first-order chi connectivity index (χ1) is 18.0. The molecular formula is C23H38ClN4O9PS. The number of nitrogen functional groups attached to an aromatic ring is 1. The van der Waals surface area contributed by atoms with Crippen molar-refractivity contribution in [2.24, 2.45) is 5.41 Å². The molecule has 1 saturated heterocycles. The van der Waals surface area contributed by atoms with Crippen molar-refractivity contribution in [1.82, 2.24) is 14.6 Å². The number of alkyl halides is 1. The molecule has 0 amide bonds. The molecule has 1 fully saturated rings. The fourth-order valence-electron chi connectivity index (χ4n) is 3.45. The van der Waals surface area contributed by atoms with E-state index in [1.165, 1.54) is 23.8 Å². The van der Waals surface area contributed by atoms with Gasteiger partial charge in [-0.25, -0.2) is 14.4 Å². The summed E-state index contributed by atoms with van der Waals surface area (Å²) in [6, 6.07) is 0.395. The van der Waals surface area contributed by atoms with Crippen LogP contribution in [0, 0.1) is 5.41 Å². The number of nitrogens with two attached hydrogens (primary N) is 1. The Labute approximate surface area is 237 Å². The lowest BCUT2D eigenvalue weighted by Gasteiger charge is -2.25. The van der Waals surface area contributed by atoms with Crippen LogP contribution in [0.4, 0.5) is 5.82 Å². The summed E-state index contributed by atoms with van der Waals surface area (Å²) in [6.07, 6.45) is -0.342. The number of nitrogens with zero attached hydrogens (tertiary/aromatic N) is 2. The van der Waals surface area contributed by atoms with Gasteiger partial charge in [-0.2, -0.15) is 4.98 Å². The molecule has 5 atom stereocenters. The number of hydrogen-bond donors (Lipinski definition) is 3. The van der Waals surface area contributed by atoms with E-state index in [2.05, 4.69) is 10.1 Å². The number of aromatic nitrogens is 2. The third-order valence-corrected chi connectivity index (χ3v) is 8.82. The number of hydrogen-bond acceptors (Lipinski definition) is 12. The van der Waals surface area contributed by atoms with Crippen molar-refractivity contribution in [3.05, 3.63) is 22.7 Å². The largest absolute Gasteiger partial charge is 0.462 e. The second-order valence-electron chi connectivity index (χ2n) is 10.3. The number of aliphatic hydroxyl groups is 1. The minimum atomic E-state index is -4.13. The highest BCUT2D eigenvalue weighted by Gasteiger charge is 2.46. The van der Waals surface area contributed by atoms with Gasteiger partial charge in [-0.1, -0.05) is 11.8 Å². The molecule has 0 bridgehead atoms. The minimum absolute atomic E-state index is 0.0551. The Morgan fingerprint density at radius 3 is 2.67 bits per heavy atom. The van der Waals surface area contributed by atoms with Crippen LogP contribution in [0.15, 0.2) is 17.1 Å². The van der Waals surface area contributed by atoms with E-state index in [4.69, 9.17) is 35.9 Å².